The molecule has 0 bridgehead atoms. The SMILES string of the molecule is CCc1cc2c(=O)c3c4ccc(C#N)cc4[nH]c3n(C(C)C)c2c(F)c1N1CCN(C2COC2)CC1. The van der Waals surface area contributed by atoms with Gasteiger partial charge in [0.2, 0.25) is 0 Å². The summed E-state index contributed by atoms with van der Waals surface area (Å²) in [5.41, 5.74) is 3.45. The molecule has 0 atom stereocenters. The molecule has 1 N–H and O–H groups in total. The van der Waals surface area contributed by atoms with E-state index in [0.29, 0.717) is 51.2 Å². The largest absolute Gasteiger partial charge is 0.378 e. The number of aryl methyl sites for hydroxylation is 1. The van der Waals surface area contributed by atoms with Crippen LogP contribution in [0.5, 0.6) is 0 Å². The maximum Gasteiger partial charge on any atom is 0.199 e. The van der Waals surface area contributed by atoms with E-state index in [1.54, 1.807) is 12.1 Å². The molecule has 0 aliphatic carbocycles. The molecular formula is C28H30FN5O2. The highest BCUT2D eigenvalue weighted by atomic mass is 19.1. The van der Waals surface area contributed by atoms with Crippen LogP contribution in [0.25, 0.3) is 32.8 Å². The van der Waals surface area contributed by atoms with Crippen molar-refractivity contribution in [1.82, 2.24) is 14.5 Å². The van der Waals surface area contributed by atoms with Gasteiger partial charge in [-0.2, -0.15) is 5.26 Å². The van der Waals surface area contributed by atoms with Crippen LogP contribution in [0.1, 0.15) is 37.9 Å². The summed E-state index contributed by atoms with van der Waals surface area (Å²) >= 11 is 0. The summed E-state index contributed by atoms with van der Waals surface area (Å²) in [7, 11) is 0. The Bertz CT molecular complexity index is 1600. The summed E-state index contributed by atoms with van der Waals surface area (Å²) in [5, 5.41) is 11.0. The van der Waals surface area contributed by atoms with Crippen molar-refractivity contribution in [3.8, 4) is 6.07 Å². The van der Waals surface area contributed by atoms with Gasteiger partial charge in [-0.25, -0.2) is 4.39 Å². The van der Waals surface area contributed by atoms with Crippen molar-refractivity contribution >= 4 is 38.5 Å². The number of halogens is 1. The highest BCUT2D eigenvalue weighted by molar-refractivity contribution is 6.10. The van der Waals surface area contributed by atoms with Crippen molar-refractivity contribution in [2.24, 2.45) is 0 Å². The molecule has 8 heteroatoms. The fourth-order valence-corrected chi connectivity index (χ4v) is 5.87. The molecule has 0 radical (unpaired) electrons. The number of rotatable bonds is 4. The quantitative estimate of drug-likeness (QED) is 0.464. The third-order valence-corrected chi connectivity index (χ3v) is 7.82. The van der Waals surface area contributed by atoms with Gasteiger partial charge in [-0.1, -0.05) is 13.0 Å². The van der Waals surface area contributed by atoms with Gasteiger partial charge in [0.05, 0.1) is 47.5 Å². The fourth-order valence-electron chi connectivity index (χ4n) is 5.87. The number of aromatic nitrogens is 2. The van der Waals surface area contributed by atoms with E-state index in [-0.39, 0.29) is 17.3 Å². The van der Waals surface area contributed by atoms with Crippen molar-refractivity contribution in [3.05, 3.63) is 51.4 Å². The van der Waals surface area contributed by atoms with Crippen molar-refractivity contribution in [3.63, 3.8) is 0 Å². The number of hydrogen-bond donors (Lipinski definition) is 1. The van der Waals surface area contributed by atoms with Crippen LogP contribution >= 0.6 is 0 Å². The summed E-state index contributed by atoms with van der Waals surface area (Å²) in [5.74, 6) is -0.325. The van der Waals surface area contributed by atoms with E-state index in [9.17, 15) is 10.1 Å². The van der Waals surface area contributed by atoms with Crippen molar-refractivity contribution in [2.75, 3.05) is 44.3 Å². The number of H-pyrrole nitrogens is 1. The summed E-state index contributed by atoms with van der Waals surface area (Å²) in [6, 6.07) is 9.71. The van der Waals surface area contributed by atoms with E-state index >= 15 is 4.39 Å². The normalized spacial score (nSPS) is 17.4. The van der Waals surface area contributed by atoms with Crippen LogP contribution in [0.3, 0.4) is 0 Å². The van der Waals surface area contributed by atoms with E-state index in [2.05, 4.69) is 20.9 Å². The molecule has 36 heavy (non-hydrogen) atoms. The van der Waals surface area contributed by atoms with Crippen LogP contribution in [0.15, 0.2) is 29.1 Å². The first-order valence-corrected chi connectivity index (χ1v) is 12.7. The Hall–Kier alpha value is -3.41. The van der Waals surface area contributed by atoms with E-state index in [4.69, 9.17) is 4.74 Å². The van der Waals surface area contributed by atoms with Crippen LogP contribution in [0, 0.1) is 17.1 Å². The lowest BCUT2D eigenvalue weighted by Crippen LogP contribution is -2.56. The van der Waals surface area contributed by atoms with Gasteiger partial charge in [0.25, 0.3) is 0 Å². The molecule has 6 rings (SSSR count). The summed E-state index contributed by atoms with van der Waals surface area (Å²) in [4.78, 5) is 21.8. The Balaban J connectivity index is 1.59. The molecule has 2 aromatic carbocycles. The predicted molar refractivity (Wildman–Crippen MR) is 140 cm³/mol. The first-order valence-electron chi connectivity index (χ1n) is 12.7. The minimum Gasteiger partial charge on any atom is -0.378 e. The molecule has 0 spiro atoms. The second-order valence-electron chi connectivity index (χ2n) is 10.2. The molecule has 2 aliphatic heterocycles. The molecule has 4 aromatic rings. The van der Waals surface area contributed by atoms with Gasteiger partial charge in [0, 0.05) is 48.5 Å². The Morgan fingerprint density at radius 2 is 1.92 bits per heavy atom. The molecule has 0 amide bonds. The zero-order valence-electron chi connectivity index (χ0n) is 20.9. The average Bonchev–Trinajstić information content (AvgIpc) is 3.22. The van der Waals surface area contributed by atoms with Crippen molar-refractivity contribution < 1.29 is 9.13 Å². The highest BCUT2D eigenvalue weighted by Crippen LogP contribution is 2.36. The molecule has 2 saturated heterocycles. The zero-order chi connectivity index (χ0) is 25.1. The van der Waals surface area contributed by atoms with Gasteiger partial charge in [0.1, 0.15) is 5.65 Å². The first kappa shape index (κ1) is 23.0. The van der Waals surface area contributed by atoms with Crippen molar-refractivity contribution in [2.45, 2.75) is 39.3 Å². The number of ether oxygens (including phenoxy) is 1. The average molecular weight is 488 g/mol. The maximum atomic E-state index is 16.6. The highest BCUT2D eigenvalue weighted by Gasteiger charge is 2.31. The van der Waals surface area contributed by atoms with Crippen LogP contribution in [-0.2, 0) is 11.2 Å². The van der Waals surface area contributed by atoms with Gasteiger partial charge in [-0.15, -0.1) is 0 Å². The van der Waals surface area contributed by atoms with E-state index in [0.717, 1.165) is 50.3 Å². The Labute approximate surface area is 208 Å². The second-order valence-corrected chi connectivity index (χ2v) is 10.2. The number of pyridine rings is 1. The van der Waals surface area contributed by atoms with Crippen molar-refractivity contribution in [1.29, 1.82) is 5.26 Å². The second kappa shape index (κ2) is 8.61. The number of piperazine rings is 1. The van der Waals surface area contributed by atoms with Crippen LogP contribution < -0.4 is 10.3 Å². The standard InChI is InChI=1S/C28H30FN5O2/c1-4-18-12-21-26(24(29)25(18)33-9-7-32(8-10-33)19-14-36-15-19)34(16(2)3)28-23(27(21)35)20-6-5-17(13-30)11-22(20)31-28/h5-6,11-12,16,19,31H,4,7-10,14-15H2,1-3H3. The van der Waals surface area contributed by atoms with Gasteiger partial charge in [-0.3, -0.25) is 9.69 Å². The molecule has 4 heterocycles. The van der Waals surface area contributed by atoms with E-state index in [1.807, 2.05) is 37.5 Å². The first-order chi connectivity index (χ1) is 17.4. The lowest BCUT2D eigenvalue weighted by Gasteiger charge is -2.43. The van der Waals surface area contributed by atoms with Gasteiger partial charge in [-0.05, 0) is 44.0 Å². The third-order valence-electron chi connectivity index (χ3n) is 7.82. The third kappa shape index (κ3) is 3.34. The number of aromatic amines is 1. The molecule has 0 unspecified atom stereocenters. The van der Waals surface area contributed by atoms with Crippen LogP contribution in [0.4, 0.5) is 10.1 Å². The number of fused-ring (bicyclic) bond motifs is 4. The zero-order valence-corrected chi connectivity index (χ0v) is 20.9. The van der Waals surface area contributed by atoms with Gasteiger partial charge >= 0.3 is 0 Å². The van der Waals surface area contributed by atoms with E-state index < -0.39 is 0 Å². The minimum atomic E-state index is -0.325. The molecule has 7 nitrogen and oxygen atoms in total. The number of hydrogen-bond acceptors (Lipinski definition) is 5. The number of nitrogens with zero attached hydrogens (tertiary/aromatic N) is 4. The van der Waals surface area contributed by atoms with Crippen LogP contribution in [0.2, 0.25) is 0 Å². The lowest BCUT2D eigenvalue weighted by molar-refractivity contribution is -0.0660. The molecular weight excluding hydrogens is 457 g/mol. The topological polar surface area (TPSA) is 77.3 Å². The number of nitrogens with one attached hydrogen (secondary N) is 1. The van der Waals surface area contributed by atoms with Gasteiger partial charge in [0.15, 0.2) is 11.2 Å². The number of benzene rings is 2. The maximum absolute atomic E-state index is 16.6. The fraction of sp³-hybridized carbons (Fsp3) is 0.429. The molecule has 2 aliphatic rings. The number of nitriles is 1. The lowest BCUT2D eigenvalue weighted by atomic mass is 10.0. The van der Waals surface area contributed by atoms with Gasteiger partial charge < -0.3 is 19.2 Å². The molecule has 186 valence electrons. The smallest absolute Gasteiger partial charge is 0.199 e. The summed E-state index contributed by atoms with van der Waals surface area (Å²) in [6.45, 7) is 10.8. The summed E-state index contributed by atoms with van der Waals surface area (Å²) in [6.07, 6.45) is 0.636. The summed E-state index contributed by atoms with van der Waals surface area (Å²) < 4.78 is 23.9. The van der Waals surface area contributed by atoms with Crippen LogP contribution in [-0.4, -0.2) is 59.9 Å². The molecule has 2 aromatic heterocycles. The van der Waals surface area contributed by atoms with E-state index in [1.165, 1.54) is 0 Å². The number of anilines is 1. The predicted octanol–water partition coefficient (Wildman–Crippen LogP) is 4.31. The minimum absolute atomic E-state index is 0.0932. The molecule has 0 saturated carbocycles. The Morgan fingerprint density at radius 3 is 2.53 bits per heavy atom. The monoisotopic (exact) mass is 487 g/mol. The Kier molecular flexibility index (Phi) is 5.51. The Morgan fingerprint density at radius 1 is 1.17 bits per heavy atom. The molecule has 2 fully saturated rings.